The van der Waals surface area contributed by atoms with Gasteiger partial charge >= 0.3 is 6.01 Å². The van der Waals surface area contributed by atoms with E-state index in [9.17, 15) is 14.9 Å². The fraction of sp³-hybridized carbons (Fsp3) is 0.118. The molecule has 0 unspecified atom stereocenters. The normalized spacial score (nSPS) is 11.0. The standard InChI is InChI=1S/C17H12N4O5S/c1-8-5-12(9(2)25-8)16-19-20-17(26-16)18-15(22)14-7-10-6-11(21(23)24)3-4-13(10)27-14/h3-7H,1-2H3,(H,18,20,22). The predicted molar refractivity (Wildman–Crippen MR) is 97.9 cm³/mol. The molecular weight excluding hydrogens is 372 g/mol. The van der Waals surface area contributed by atoms with Crippen LogP contribution in [-0.2, 0) is 0 Å². The lowest BCUT2D eigenvalue weighted by Gasteiger charge is -1.96. The maximum Gasteiger partial charge on any atom is 0.322 e. The number of furan rings is 1. The lowest BCUT2D eigenvalue weighted by molar-refractivity contribution is -0.384. The summed E-state index contributed by atoms with van der Waals surface area (Å²) >= 11 is 1.21. The van der Waals surface area contributed by atoms with Gasteiger partial charge in [0.05, 0.1) is 15.4 Å². The Kier molecular flexibility index (Phi) is 3.96. The SMILES string of the molecule is Cc1cc(-c2nnc(NC(=O)c3cc4cc([N+](=O)[O-])ccc4s3)o2)c(C)o1. The summed E-state index contributed by atoms with van der Waals surface area (Å²) in [7, 11) is 0. The minimum absolute atomic E-state index is 0.0282. The molecule has 3 aromatic heterocycles. The zero-order valence-corrected chi connectivity index (χ0v) is 15.0. The number of amides is 1. The molecule has 0 aliphatic carbocycles. The van der Waals surface area contributed by atoms with Gasteiger partial charge in [-0.3, -0.25) is 20.2 Å². The maximum atomic E-state index is 12.4. The number of nitro groups is 1. The van der Waals surface area contributed by atoms with Gasteiger partial charge in [-0.15, -0.1) is 16.4 Å². The first kappa shape index (κ1) is 16.9. The van der Waals surface area contributed by atoms with Crippen LogP contribution in [0.3, 0.4) is 0 Å². The number of hydrogen-bond acceptors (Lipinski definition) is 8. The van der Waals surface area contributed by atoms with Crippen molar-refractivity contribution in [3.8, 4) is 11.5 Å². The number of fused-ring (bicyclic) bond motifs is 1. The Balaban J connectivity index is 1.56. The molecule has 136 valence electrons. The van der Waals surface area contributed by atoms with Gasteiger partial charge in [0.1, 0.15) is 11.5 Å². The van der Waals surface area contributed by atoms with Gasteiger partial charge in [-0.1, -0.05) is 5.10 Å². The Hall–Kier alpha value is -3.53. The minimum Gasteiger partial charge on any atom is -0.466 e. The van der Waals surface area contributed by atoms with Crippen LogP contribution >= 0.6 is 11.3 Å². The maximum absolute atomic E-state index is 12.4. The molecule has 1 amide bonds. The molecule has 0 fully saturated rings. The topological polar surface area (TPSA) is 124 Å². The molecule has 0 saturated heterocycles. The van der Waals surface area contributed by atoms with Crippen molar-refractivity contribution in [2.45, 2.75) is 13.8 Å². The van der Waals surface area contributed by atoms with Crippen molar-refractivity contribution in [1.29, 1.82) is 0 Å². The van der Waals surface area contributed by atoms with Crippen molar-refractivity contribution in [3.05, 3.63) is 56.8 Å². The van der Waals surface area contributed by atoms with Crippen LogP contribution in [0.5, 0.6) is 0 Å². The quantitative estimate of drug-likeness (QED) is 0.410. The molecule has 0 spiro atoms. The highest BCUT2D eigenvalue weighted by Gasteiger charge is 2.18. The van der Waals surface area contributed by atoms with Crippen molar-refractivity contribution in [3.63, 3.8) is 0 Å². The fourth-order valence-corrected chi connectivity index (χ4v) is 3.58. The Labute approximate surface area is 155 Å². The number of rotatable bonds is 4. The number of nitrogens with one attached hydrogen (secondary N) is 1. The molecule has 0 aliphatic heterocycles. The molecule has 0 atom stereocenters. The molecule has 3 heterocycles. The number of anilines is 1. The molecule has 0 saturated carbocycles. The summed E-state index contributed by atoms with van der Waals surface area (Å²) in [5, 5.41) is 21.8. The van der Waals surface area contributed by atoms with E-state index in [4.69, 9.17) is 8.83 Å². The average Bonchev–Trinajstić information content (AvgIpc) is 3.32. The van der Waals surface area contributed by atoms with Crippen molar-refractivity contribution >= 4 is 39.0 Å². The largest absolute Gasteiger partial charge is 0.466 e. The zero-order chi connectivity index (χ0) is 19.1. The van der Waals surface area contributed by atoms with Crippen LogP contribution in [0.4, 0.5) is 11.7 Å². The van der Waals surface area contributed by atoms with Gasteiger partial charge < -0.3 is 8.83 Å². The van der Waals surface area contributed by atoms with Crippen LogP contribution in [0.2, 0.25) is 0 Å². The molecule has 4 aromatic rings. The number of hydrogen-bond donors (Lipinski definition) is 1. The Morgan fingerprint density at radius 1 is 1.19 bits per heavy atom. The molecule has 1 aromatic carbocycles. The van der Waals surface area contributed by atoms with Crippen LogP contribution in [0.15, 0.2) is 39.2 Å². The summed E-state index contributed by atoms with van der Waals surface area (Å²) in [4.78, 5) is 23.2. The van der Waals surface area contributed by atoms with E-state index < -0.39 is 10.8 Å². The highest BCUT2D eigenvalue weighted by molar-refractivity contribution is 7.20. The third-order valence-corrected chi connectivity index (χ3v) is 4.97. The number of nitrogens with zero attached hydrogens (tertiary/aromatic N) is 3. The summed E-state index contributed by atoms with van der Waals surface area (Å²) < 4.78 is 11.7. The Morgan fingerprint density at radius 3 is 2.70 bits per heavy atom. The third-order valence-electron chi connectivity index (χ3n) is 3.85. The molecule has 1 N–H and O–H groups in total. The van der Waals surface area contributed by atoms with Gasteiger partial charge in [0.25, 0.3) is 17.5 Å². The Bertz CT molecular complexity index is 1190. The smallest absolute Gasteiger partial charge is 0.322 e. The van der Waals surface area contributed by atoms with E-state index in [1.165, 1.54) is 23.5 Å². The van der Waals surface area contributed by atoms with Crippen LogP contribution in [0.1, 0.15) is 21.2 Å². The van der Waals surface area contributed by atoms with Gasteiger partial charge in [0, 0.05) is 22.2 Å². The molecule has 10 heteroatoms. The molecule has 4 rings (SSSR count). The molecular formula is C17H12N4O5S. The van der Waals surface area contributed by atoms with Gasteiger partial charge in [-0.2, -0.15) is 0 Å². The molecule has 9 nitrogen and oxygen atoms in total. The predicted octanol–water partition coefficient (Wildman–Crippen LogP) is 4.32. The van der Waals surface area contributed by atoms with E-state index in [0.717, 1.165) is 4.70 Å². The van der Waals surface area contributed by atoms with Crippen LogP contribution in [-0.4, -0.2) is 21.0 Å². The van der Waals surface area contributed by atoms with Gasteiger partial charge in [0.2, 0.25) is 0 Å². The molecule has 0 bridgehead atoms. The first-order valence-corrected chi connectivity index (χ1v) is 8.62. The van der Waals surface area contributed by atoms with E-state index in [0.29, 0.717) is 27.3 Å². The number of nitro benzene ring substituents is 1. The van der Waals surface area contributed by atoms with Crippen molar-refractivity contribution in [2.24, 2.45) is 0 Å². The first-order chi connectivity index (χ1) is 12.9. The van der Waals surface area contributed by atoms with Crippen molar-refractivity contribution < 1.29 is 18.6 Å². The monoisotopic (exact) mass is 384 g/mol. The van der Waals surface area contributed by atoms with Crippen molar-refractivity contribution in [2.75, 3.05) is 5.32 Å². The van der Waals surface area contributed by atoms with E-state index in [1.807, 2.05) is 0 Å². The number of carbonyl (C=O) groups excluding carboxylic acids is 1. The number of carbonyl (C=O) groups is 1. The van der Waals surface area contributed by atoms with Gasteiger partial charge in [-0.05, 0) is 32.0 Å². The Morgan fingerprint density at radius 2 is 2.00 bits per heavy atom. The lowest BCUT2D eigenvalue weighted by Crippen LogP contribution is -2.10. The van der Waals surface area contributed by atoms with Crippen LogP contribution < -0.4 is 5.32 Å². The highest BCUT2D eigenvalue weighted by Crippen LogP contribution is 2.30. The van der Waals surface area contributed by atoms with E-state index in [-0.39, 0.29) is 17.6 Å². The van der Waals surface area contributed by atoms with Crippen LogP contribution in [0, 0.1) is 24.0 Å². The summed E-state index contributed by atoms with van der Waals surface area (Å²) in [6.07, 6.45) is 0. The molecule has 0 radical (unpaired) electrons. The third kappa shape index (κ3) is 3.17. The highest BCUT2D eigenvalue weighted by atomic mass is 32.1. The summed E-state index contributed by atoms with van der Waals surface area (Å²) in [6.45, 7) is 3.59. The van der Waals surface area contributed by atoms with Crippen LogP contribution in [0.25, 0.3) is 21.5 Å². The second-order valence-electron chi connectivity index (χ2n) is 5.78. The van der Waals surface area contributed by atoms with Crippen molar-refractivity contribution in [1.82, 2.24) is 10.2 Å². The number of non-ortho nitro benzene ring substituents is 1. The van der Waals surface area contributed by atoms with E-state index in [1.54, 1.807) is 32.0 Å². The average molecular weight is 384 g/mol. The number of aryl methyl sites for hydroxylation is 2. The summed E-state index contributed by atoms with van der Waals surface area (Å²) in [6, 6.07) is 7.76. The fourth-order valence-electron chi connectivity index (χ4n) is 2.64. The second-order valence-corrected chi connectivity index (χ2v) is 6.87. The molecule has 27 heavy (non-hydrogen) atoms. The summed E-state index contributed by atoms with van der Waals surface area (Å²) in [5.41, 5.74) is 0.634. The lowest BCUT2D eigenvalue weighted by atomic mass is 10.2. The summed E-state index contributed by atoms with van der Waals surface area (Å²) in [5.74, 6) is 1.16. The minimum atomic E-state index is -0.476. The zero-order valence-electron chi connectivity index (χ0n) is 14.2. The number of aromatic nitrogens is 2. The van der Waals surface area contributed by atoms with E-state index >= 15 is 0 Å². The first-order valence-electron chi connectivity index (χ1n) is 7.81. The van der Waals surface area contributed by atoms with E-state index in [2.05, 4.69) is 15.5 Å². The number of thiophene rings is 1. The second kappa shape index (κ2) is 6.32. The van der Waals surface area contributed by atoms with Gasteiger partial charge in [0.15, 0.2) is 0 Å². The van der Waals surface area contributed by atoms with Gasteiger partial charge in [-0.25, -0.2) is 0 Å². The molecule has 0 aliphatic rings. The number of benzene rings is 1.